The van der Waals surface area contributed by atoms with Gasteiger partial charge in [-0.1, -0.05) is 18.2 Å². The Hall–Kier alpha value is -3.58. The standard InChI is InChI=1S/C26H24FN5S/c1-17-14-22(18(2)32(17)21-10-7-8-19(27)15-21)25-24(23-11-4-6-13-29-23)30-26(33)31(25)16-20-9-3-5-12-28-20/h3-15,24-25H,16H2,1-2H3,(H,30,33)/t24-,25+/m0/s1. The number of aromatic nitrogens is 3. The predicted octanol–water partition coefficient (Wildman–Crippen LogP) is 5.20. The van der Waals surface area contributed by atoms with Crippen molar-refractivity contribution in [1.82, 2.24) is 24.8 Å². The molecule has 1 fully saturated rings. The molecule has 1 aliphatic heterocycles. The van der Waals surface area contributed by atoms with E-state index < -0.39 is 0 Å². The Morgan fingerprint density at radius 1 is 0.970 bits per heavy atom. The van der Waals surface area contributed by atoms with Crippen molar-refractivity contribution < 1.29 is 4.39 Å². The zero-order valence-electron chi connectivity index (χ0n) is 18.4. The smallest absolute Gasteiger partial charge is 0.170 e. The summed E-state index contributed by atoms with van der Waals surface area (Å²) in [6, 6.07) is 20.4. The number of benzene rings is 1. The van der Waals surface area contributed by atoms with Gasteiger partial charge in [-0.15, -0.1) is 0 Å². The number of hydrogen-bond acceptors (Lipinski definition) is 3. The fraction of sp³-hybridized carbons (Fsp3) is 0.192. The van der Waals surface area contributed by atoms with Gasteiger partial charge in [0.15, 0.2) is 5.11 Å². The maximum atomic E-state index is 14.0. The number of nitrogens with one attached hydrogen (secondary N) is 1. The molecule has 0 saturated carbocycles. The number of halogens is 1. The Bertz CT molecular complexity index is 1290. The molecule has 4 heterocycles. The molecule has 0 bridgehead atoms. The second-order valence-corrected chi connectivity index (χ2v) is 8.60. The highest BCUT2D eigenvalue weighted by Crippen LogP contribution is 2.42. The fourth-order valence-electron chi connectivity index (χ4n) is 4.68. The van der Waals surface area contributed by atoms with Crippen molar-refractivity contribution in [2.45, 2.75) is 32.5 Å². The average Bonchev–Trinajstić information content (AvgIpc) is 3.30. The lowest BCUT2D eigenvalue weighted by Crippen LogP contribution is -2.29. The first-order valence-electron chi connectivity index (χ1n) is 10.9. The molecule has 2 atom stereocenters. The topological polar surface area (TPSA) is 46.0 Å². The van der Waals surface area contributed by atoms with Crippen LogP contribution in [-0.2, 0) is 6.54 Å². The predicted molar refractivity (Wildman–Crippen MR) is 130 cm³/mol. The van der Waals surface area contributed by atoms with Crippen molar-refractivity contribution in [1.29, 1.82) is 0 Å². The van der Waals surface area contributed by atoms with Gasteiger partial charge in [-0.05, 0) is 80.2 Å². The van der Waals surface area contributed by atoms with Crippen molar-refractivity contribution in [3.05, 3.63) is 113 Å². The summed E-state index contributed by atoms with van der Waals surface area (Å²) in [7, 11) is 0. The molecule has 1 saturated heterocycles. The van der Waals surface area contributed by atoms with Crippen molar-refractivity contribution in [3.63, 3.8) is 0 Å². The summed E-state index contributed by atoms with van der Waals surface area (Å²) in [6.45, 7) is 4.69. The molecule has 0 unspecified atom stereocenters. The van der Waals surface area contributed by atoms with Gasteiger partial charge in [0, 0.05) is 29.5 Å². The maximum Gasteiger partial charge on any atom is 0.170 e. The zero-order chi connectivity index (χ0) is 22.9. The monoisotopic (exact) mass is 457 g/mol. The van der Waals surface area contributed by atoms with Crippen LogP contribution < -0.4 is 5.32 Å². The number of nitrogens with zero attached hydrogens (tertiary/aromatic N) is 4. The van der Waals surface area contributed by atoms with Gasteiger partial charge in [0.25, 0.3) is 0 Å². The van der Waals surface area contributed by atoms with Gasteiger partial charge < -0.3 is 14.8 Å². The first kappa shape index (κ1) is 21.3. The van der Waals surface area contributed by atoms with E-state index in [2.05, 4.69) is 37.7 Å². The highest BCUT2D eigenvalue weighted by molar-refractivity contribution is 7.80. The average molecular weight is 458 g/mol. The van der Waals surface area contributed by atoms with E-state index in [-0.39, 0.29) is 17.9 Å². The Morgan fingerprint density at radius 3 is 2.45 bits per heavy atom. The van der Waals surface area contributed by atoms with Crippen LogP contribution in [0.1, 0.15) is 40.4 Å². The first-order chi connectivity index (χ1) is 16.0. The largest absolute Gasteiger partial charge is 0.352 e. The summed E-state index contributed by atoms with van der Waals surface area (Å²) in [5.41, 5.74) is 5.85. The van der Waals surface area contributed by atoms with E-state index in [1.807, 2.05) is 49.4 Å². The summed E-state index contributed by atoms with van der Waals surface area (Å²) in [4.78, 5) is 11.3. The van der Waals surface area contributed by atoms with Crippen LogP contribution in [0.2, 0.25) is 0 Å². The lowest BCUT2D eigenvalue weighted by Gasteiger charge is -2.28. The van der Waals surface area contributed by atoms with Crippen molar-refractivity contribution in [3.8, 4) is 5.69 Å². The summed E-state index contributed by atoms with van der Waals surface area (Å²) in [5.74, 6) is -0.256. The number of hydrogen-bond donors (Lipinski definition) is 1. The molecule has 0 spiro atoms. The van der Waals surface area contributed by atoms with E-state index in [1.165, 1.54) is 6.07 Å². The lowest BCUT2D eigenvalue weighted by molar-refractivity contribution is 0.307. The van der Waals surface area contributed by atoms with Gasteiger partial charge in [0.1, 0.15) is 5.82 Å². The molecule has 7 heteroatoms. The summed E-state index contributed by atoms with van der Waals surface area (Å²) >= 11 is 5.79. The van der Waals surface area contributed by atoms with Gasteiger partial charge in [-0.3, -0.25) is 9.97 Å². The molecule has 0 amide bonds. The second kappa shape index (κ2) is 8.75. The Morgan fingerprint density at radius 2 is 1.76 bits per heavy atom. The van der Waals surface area contributed by atoms with Crippen LogP contribution in [0.5, 0.6) is 0 Å². The highest BCUT2D eigenvalue weighted by Gasteiger charge is 2.41. The molecular weight excluding hydrogens is 433 g/mol. The van der Waals surface area contributed by atoms with Crippen molar-refractivity contribution in [2.75, 3.05) is 0 Å². The third-order valence-corrected chi connectivity index (χ3v) is 6.46. The van der Waals surface area contributed by atoms with Gasteiger partial charge in [0.2, 0.25) is 0 Å². The third kappa shape index (κ3) is 4.00. The van der Waals surface area contributed by atoms with Gasteiger partial charge >= 0.3 is 0 Å². The zero-order valence-corrected chi connectivity index (χ0v) is 19.3. The van der Waals surface area contributed by atoms with E-state index in [0.29, 0.717) is 11.7 Å². The van der Waals surface area contributed by atoms with Crippen LogP contribution in [0.3, 0.4) is 0 Å². The molecule has 0 aliphatic carbocycles. The van der Waals surface area contributed by atoms with Crippen LogP contribution >= 0.6 is 12.2 Å². The van der Waals surface area contributed by atoms with E-state index in [1.54, 1.807) is 24.5 Å². The quantitative estimate of drug-likeness (QED) is 0.418. The normalized spacial score (nSPS) is 17.9. The Balaban J connectivity index is 1.62. The Kier molecular flexibility index (Phi) is 5.64. The minimum atomic E-state index is -0.256. The summed E-state index contributed by atoms with van der Waals surface area (Å²) in [6.07, 6.45) is 3.59. The van der Waals surface area contributed by atoms with E-state index >= 15 is 0 Å². The van der Waals surface area contributed by atoms with Crippen molar-refractivity contribution in [2.24, 2.45) is 0 Å². The number of aryl methyl sites for hydroxylation is 1. The van der Waals surface area contributed by atoms with Gasteiger partial charge in [-0.25, -0.2) is 4.39 Å². The number of pyridine rings is 2. The van der Waals surface area contributed by atoms with E-state index in [0.717, 1.165) is 34.0 Å². The molecular formula is C26H24FN5S. The molecule has 166 valence electrons. The molecule has 1 N–H and O–H groups in total. The number of thiocarbonyl (C=S) groups is 1. The molecule has 5 rings (SSSR count). The highest BCUT2D eigenvalue weighted by atomic mass is 32.1. The minimum absolute atomic E-state index is 0.0945. The summed E-state index contributed by atoms with van der Waals surface area (Å²) < 4.78 is 16.1. The van der Waals surface area contributed by atoms with Crippen molar-refractivity contribution >= 4 is 17.3 Å². The van der Waals surface area contributed by atoms with Crippen LogP contribution in [0.4, 0.5) is 4.39 Å². The van der Waals surface area contributed by atoms with Gasteiger partial charge in [-0.2, -0.15) is 0 Å². The molecule has 1 aliphatic rings. The van der Waals surface area contributed by atoms with Crippen LogP contribution in [0, 0.1) is 19.7 Å². The second-order valence-electron chi connectivity index (χ2n) is 8.22. The van der Waals surface area contributed by atoms with Crippen LogP contribution in [0.25, 0.3) is 5.69 Å². The van der Waals surface area contributed by atoms with Gasteiger partial charge in [0.05, 0.1) is 30.0 Å². The Labute approximate surface area is 197 Å². The molecule has 1 aromatic carbocycles. The maximum absolute atomic E-state index is 14.0. The SMILES string of the molecule is Cc1cc([C@@H]2[C@H](c3ccccn3)NC(=S)N2Cc2ccccn2)c(C)n1-c1cccc(F)c1. The fourth-order valence-corrected chi connectivity index (χ4v) is 4.99. The lowest BCUT2D eigenvalue weighted by atomic mass is 9.96. The molecule has 33 heavy (non-hydrogen) atoms. The molecule has 5 nitrogen and oxygen atoms in total. The van der Waals surface area contributed by atoms with E-state index in [4.69, 9.17) is 12.2 Å². The first-order valence-corrected chi connectivity index (χ1v) is 11.3. The third-order valence-electron chi connectivity index (χ3n) is 6.11. The van der Waals surface area contributed by atoms with Crippen LogP contribution in [0.15, 0.2) is 79.1 Å². The minimum Gasteiger partial charge on any atom is -0.352 e. The molecule has 3 aromatic heterocycles. The summed E-state index contributed by atoms with van der Waals surface area (Å²) in [5, 5.41) is 4.16. The molecule has 0 radical (unpaired) electrons. The van der Waals surface area contributed by atoms with Crippen LogP contribution in [-0.4, -0.2) is 24.5 Å². The number of rotatable bonds is 5. The van der Waals surface area contributed by atoms with E-state index in [9.17, 15) is 4.39 Å². The molecule has 4 aromatic rings.